The van der Waals surface area contributed by atoms with Crippen LogP contribution < -0.4 is 5.32 Å². The topological polar surface area (TPSA) is 70.7 Å². The highest BCUT2D eigenvalue weighted by atomic mass is 32.2. The molecule has 25 heavy (non-hydrogen) atoms. The van der Waals surface area contributed by atoms with Crippen molar-refractivity contribution in [1.29, 1.82) is 0 Å². The first-order chi connectivity index (χ1) is 11.7. The Morgan fingerprint density at radius 3 is 2.64 bits per heavy atom. The third-order valence-corrected chi connectivity index (χ3v) is 3.86. The minimum atomic E-state index is -4.46. The molecule has 0 aliphatic heterocycles. The van der Waals surface area contributed by atoms with Crippen LogP contribution in [0.4, 0.5) is 17.6 Å². The van der Waals surface area contributed by atoms with Crippen molar-refractivity contribution in [3.63, 3.8) is 0 Å². The smallest absolute Gasteiger partial charge is 0.346 e. The fourth-order valence-corrected chi connectivity index (χ4v) is 2.43. The first-order valence-electron chi connectivity index (χ1n) is 7.10. The van der Waals surface area contributed by atoms with Gasteiger partial charge < -0.3 is 5.32 Å². The number of amides is 1. The fourth-order valence-electron chi connectivity index (χ4n) is 1.68. The molecule has 10 heteroatoms. The second-order valence-electron chi connectivity index (χ2n) is 4.98. The molecule has 1 aromatic heterocycles. The minimum absolute atomic E-state index is 0.230. The summed E-state index contributed by atoms with van der Waals surface area (Å²) < 4.78 is 49.0. The maximum atomic E-state index is 12.8. The van der Waals surface area contributed by atoms with Crippen LogP contribution in [0.15, 0.2) is 29.4 Å². The van der Waals surface area contributed by atoms with E-state index in [0.29, 0.717) is 5.82 Å². The maximum Gasteiger partial charge on any atom is 0.405 e. The molecule has 0 aliphatic carbocycles. The number of rotatable bonds is 6. The van der Waals surface area contributed by atoms with Gasteiger partial charge in [-0.05, 0) is 30.7 Å². The van der Waals surface area contributed by atoms with Gasteiger partial charge in [0.1, 0.15) is 18.2 Å². The number of nitrogens with zero attached hydrogens (tertiary/aromatic N) is 2. The number of aromatic amines is 1. The Kier molecular flexibility index (Phi) is 6.18. The molecule has 1 amide bonds. The van der Waals surface area contributed by atoms with Gasteiger partial charge in [0.15, 0.2) is 0 Å². The lowest BCUT2D eigenvalue weighted by Gasteiger charge is -2.11. The summed E-state index contributed by atoms with van der Waals surface area (Å²) >= 11 is 0.930. The third kappa shape index (κ3) is 6.57. The van der Waals surface area contributed by atoms with Crippen molar-refractivity contribution in [1.82, 2.24) is 20.5 Å². The molecule has 1 atom stereocenters. The molecule has 0 fully saturated rings. The summed E-state index contributed by atoms with van der Waals surface area (Å²) in [7, 11) is 0. The van der Waals surface area contributed by atoms with Crippen LogP contribution in [0.25, 0.3) is 12.2 Å². The largest absolute Gasteiger partial charge is 0.405 e. The van der Waals surface area contributed by atoms with Crippen LogP contribution in [0.1, 0.15) is 18.3 Å². The van der Waals surface area contributed by atoms with Crippen LogP contribution in [0.2, 0.25) is 0 Å². The fraction of sp³-hybridized carbons (Fsp3) is 0.267. The van der Waals surface area contributed by atoms with E-state index in [4.69, 9.17) is 0 Å². The van der Waals surface area contributed by atoms with E-state index < -0.39 is 23.9 Å². The Morgan fingerprint density at radius 1 is 1.32 bits per heavy atom. The van der Waals surface area contributed by atoms with Gasteiger partial charge in [0, 0.05) is 0 Å². The Labute approximate surface area is 144 Å². The Hall–Kier alpha value is -2.36. The molecule has 0 saturated carbocycles. The Morgan fingerprint density at radius 2 is 2.00 bits per heavy atom. The van der Waals surface area contributed by atoms with Crippen LogP contribution in [0.5, 0.6) is 0 Å². The van der Waals surface area contributed by atoms with Crippen LogP contribution in [-0.2, 0) is 4.79 Å². The SMILES string of the molecule is CC(Sc1n[nH]c(C=Cc2ccc(F)cc2)n1)C(=O)NCC(F)(F)F. The van der Waals surface area contributed by atoms with Gasteiger partial charge in [-0.1, -0.05) is 30.0 Å². The average Bonchev–Trinajstić information content (AvgIpc) is 2.98. The van der Waals surface area contributed by atoms with E-state index in [9.17, 15) is 22.4 Å². The molecule has 2 aromatic rings. The number of aromatic nitrogens is 3. The zero-order chi connectivity index (χ0) is 18.4. The number of benzene rings is 1. The van der Waals surface area contributed by atoms with E-state index in [2.05, 4.69) is 15.2 Å². The molecule has 0 bridgehead atoms. The molecule has 5 nitrogen and oxygen atoms in total. The van der Waals surface area contributed by atoms with E-state index >= 15 is 0 Å². The van der Waals surface area contributed by atoms with Crippen molar-refractivity contribution in [2.24, 2.45) is 0 Å². The van der Waals surface area contributed by atoms with Gasteiger partial charge in [-0.3, -0.25) is 9.89 Å². The number of halogens is 4. The van der Waals surface area contributed by atoms with E-state index in [1.807, 2.05) is 0 Å². The minimum Gasteiger partial charge on any atom is -0.346 e. The monoisotopic (exact) mass is 374 g/mol. The van der Waals surface area contributed by atoms with E-state index in [0.717, 1.165) is 17.3 Å². The standard InChI is InChI=1S/C15H14F4N4OS/c1-9(13(24)20-8-15(17,18)19)25-14-21-12(22-23-14)7-4-10-2-5-11(16)6-3-10/h2-7,9H,8H2,1H3,(H,20,24)(H,21,22,23). The molecule has 2 rings (SSSR count). The number of H-pyrrole nitrogens is 1. The third-order valence-electron chi connectivity index (χ3n) is 2.90. The van der Waals surface area contributed by atoms with E-state index in [-0.39, 0.29) is 11.0 Å². The second-order valence-corrected chi connectivity index (χ2v) is 6.29. The highest BCUT2D eigenvalue weighted by Gasteiger charge is 2.29. The maximum absolute atomic E-state index is 12.8. The van der Waals surface area contributed by atoms with Crippen molar-refractivity contribution in [2.75, 3.05) is 6.54 Å². The van der Waals surface area contributed by atoms with Crippen molar-refractivity contribution >= 4 is 29.8 Å². The molecule has 1 unspecified atom stereocenters. The lowest BCUT2D eigenvalue weighted by Crippen LogP contribution is -2.38. The summed E-state index contributed by atoms with van der Waals surface area (Å²) in [5, 5.41) is 7.77. The van der Waals surface area contributed by atoms with Gasteiger partial charge >= 0.3 is 6.18 Å². The summed E-state index contributed by atoms with van der Waals surface area (Å²) in [4.78, 5) is 15.7. The lowest BCUT2D eigenvalue weighted by molar-refractivity contribution is -0.137. The zero-order valence-corrected chi connectivity index (χ0v) is 13.8. The summed E-state index contributed by atoms with van der Waals surface area (Å²) in [6.45, 7) is 0.0805. The molecule has 0 radical (unpaired) electrons. The van der Waals surface area contributed by atoms with Gasteiger partial charge in [-0.25, -0.2) is 9.37 Å². The molecule has 1 aromatic carbocycles. The van der Waals surface area contributed by atoms with Gasteiger partial charge in [-0.15, -0.1) is 5.10 Å². The van der Waals surface area contributed by atoms with Crippen molar-refractivity contribution in [3.05, 3.63) is 41.5 Å². The first-order valence-corrected chi connectivity index (χ1v) is 7.98. The normalized spacial score (nSPS) is 13.2. The van der Waals surface area contributed by atoms with E-state index in [1.165, 1.54) is 19.1 Å². The summed E-state index contributed by atoms with van der Waals surface area (Å²) in [5.74, 6) is -0.696. The van der Waals surface area contributed by atoms with Gasteiger partial charge in [0.05, 0.1) is 5.25 Å². The molecule has 2 N–H and O–H groups in total. The molecular weight excluding hydrogens is 360 g/mol. The second kappa shape index (κ2) is 8.15. The molecule has 1 heterocycles. The Bertz CT molecular complexity index is 743. The first kappa shape index (κ1) is 19.0. The predicted molar refractivity (Wildman–Crippen MR) is 86.1 cm³/mol. The summed E-state index contributed by atoms with van der Waals surface area (Å²) in [6, 6.07) is 5.82. The Balaban J connectivity index is 1.90. The number of carbonyl (C=O) groups is 1. The number of alkyl halides is 3. The lowest BCUT2D eigenvalue weighted by atomic mass is 10.2. The highest BCUT2D eigenvalue weighted by molar-refractivity contribution is 8.00. The van der Waals surface area contributed by atoms with Crippen molar-refractivity contribution in [3.8, 4) is 0 Å². The highest BCUT2D eigenvalue weighted by Crippen LogP contribution is 2.20. The number of carbonyl (C=O) groups excluding carboxylic acids is 1. The molecule has 0 aliphatic rings. The van der Waals surface area contributed by atoms with Gasteiger partial charge in [0.25, 0.3) is 0 Å². The predicted octanol–water partition coefficient (Wildman–Crippen LogP) is 3.27. The number of thioether (sulfide) groups is 1. The van der Waals surface area contributed by atoms with Crippen molar-refractivity contribution in [2.45, 2.75) is 23.5 Å². The zero-order valence-electron chi connectivity index (χ0n) is 13.0. The molecule has 0 saturated heterocycles. The van der Waals surface area contributed by atoms with Gasteiger partial charge in [0.2, 0.25) is 11.1 Å². The quantitative estimate of drug-likeness (QED) is 0.601. The summed E-state index contributed by atoms with van der Waals surface area (Å²) in [5.41, 5.74) is 0.756. The summed E-state index contributed by atoms with van der Waals surface area (Å²) in [6.07, 6.45) is -1.16. The van der Waals surface area contributed by atoms with Crippen LogP contribution in [0, 0.1) is 5.82 Å². The number of hydrogen-bond donors (Lipinski definition) is 2. The van der Waals surface area contributed by atoms with Crippen LogP contribution in [-0.4, -0.2) is 39.1 Å². The molecule has 0 spiro atoms. The number of hydrogen-bond acceptors (Lipinski definition) is 4. The average molecular weight is 374 g/mol. The van der Waals surface area contributed by atoms with E-state index in [1.54, 1.807) is 29.6 Å². The molecule has 134 valence electrons. The van der Waals surface area contributed by atoms with Crippen molar-refractivity contribution < 1.29 is 22.4 Å². The van der Waals surface area contributed by atoms with Crippen LogP contribution >= 0.6 is 11.8 Å². The molecular formula is C15H14F4N4OS. The van der Waals surface area contributed by atoms with Crippen LogP contribution in [0.3, 0.4) is 0 Å². The van der Waals surface area contributed by atoms with Gasteiger partial charge in [-0.2, -0.15) is 13.2 Å². The number of nitrogens with one attached hydrogen (secondary N) is 2.